The highest BCUT2D eigenvalue weighted by Crippen LogP contribution is 2.26. The van der Waals surface area contributed by atoms with Crippen molar-refractivity contribution in [2.45, 2.75) is 38.4 Å². The van der Waals surface area contributed by atoms with Gasteiger partial charge in [0, 0.05) is 37.3 Å². The Bertz CT molecular complexity index is 719. The van der Waals surface area contributed by atoms with Crippen LogP contribution in [0.3, 0.4) is 0 Å². The molecule has 0 aliphatic carbocycles. The largest absolute Gasteiger partial charge is 0.376 e. The molecular formula is C15H19N5O4. The first-order valence-electron chi connectivity index (χ1n) is 8.17. The van der Waals surface area contributed by atoms with Gasteiger partial charge < -0.3 is 19.3 Å². The number of H-pyrrole nitrogens is 1. The summed E-state index contributed by atoms with van der Waals surface area (Å²) in [4.78, 5) is 16.6. The van der Waals surface area contributed by atoms with Crippen LogP contribution in [0.2, 0.25) is 0 Å². The first kappa shape index (κ1) is 15.3. The molecule has 128 valence electrons. The van der Waals surface area contributed by atoms with E-state index in [-0.39, 0.29) is 12.0 Å². The third-order valence-corrected chi connectivity index (χ3v) is 4.23. The van der Waals surface area contributed by atoms with Gasteiger partial charge in [0.2, 0.25) is 0 Å². The van der Waals surface area contributed by atoms with Crippen LogP contribution in [0.1, 0.15) is 52.4 Å². The van der Waals surface area contributed by atoms with Gasteiger partial charge in [-0.25, -0.2) is 0 Å². The molecule has 2 aliphatic rings. The Morgan fingerprint density at radius 3 is 3.21 bits per heavy atom. The predicted molar refractivity (Wildman–Crippen MR) is 80.2 cm³/mol. The molecule has 2 aromatic rings. The summed E-state index contributed by atoms with van der Waals surface area (Å²) in [6, 6.07) is 0. The minimum absolute atomic E-state index is 0.0866. The van der Waals surface area contributed by atoms with Crippen LogP contribution in [0.4, 0.5) is 0 Å². The van der Waals surface area contributed by atoms with Crippen LogP contribution < -0.4 is 5.32 Å². The molecule has 2 N–H and O–H groups in total. The van der Waals surface area contributed by atoms with Crippen molar-refractivity contribution in [2.24, 2.45) is 0 Å². The van der Waals surface area contributed by atoms with Crippen molar-refractivity contribution in [3.63, 3.8) is 0 Å². The van der Waals surface area contributed by atoms with Gasteiger partial charge >= 0.3 is 0 Å². The predicted octanol–water partition coefficient (Wildman–Crippen LogP) is 0.689. The Labute approximate surface area is 138 Å². The lowest BCUT2D eigenvalue weighted by molar-refractivity contribution is 0.0835. The molecule has 9 nitrogen and oxygen atoms in total. The quantitative estimate of drug-likeness (QED) is 0.827. The number of hydrogen-bond acceptors (Lipinski definition) is 7. The van der Waals surface area contributed by atoms with Gasteiger partial charge in [0.25, 0.3) is 11.8 Å². The number of nitrogens with one attached hydrogen (secondary N) is 2. The Morgan fingerprint density at radius 1 is 1.38 bits per heavy atom. The van der Waals surface area contributed by atoms with E-state index in [1.165, 1.54) is 0 Å². The number of carbonyl (C=O) groups excluding carboxylic acids is 1. The Kier molecular flexibility index (Phi) is 4.26. The maximum absolute atomic E-state index is 12.2. The molecule has 2 aliphatic heterocycles. The van der Waals surface area contributed by atoms with Gasteiger partial charge in [-0.1, -0.05) is 5.16 Å². The Balaban J connectivity index is 1.31. The molecule has 0 aromatic carbocycles. The first-order chi connectivity index (χ1) is 11.8. The van der Waals surface area contributed by atoms with Gasteiger partial charge in [-0.05, 0) is 12.8 Å². The van der Waals surface area contributed by atoms with Crippen LogP contribution in [0.15, 0.2) is 4.52 Å². The molecule has 2 aromatic heterocycles. The average Bonchev–Trinajstić information content (AvgIpc) is 3.34. The third-order valence-electron chi connectivity index (χ3n) is 4.23. The molecule has 1 amide bonds. The summed E-state index contributed by atoms with van der Waals surface area (Å²) >= 11 is 0. The zero-order valence-corrected chi connectivity index (χ0v) is 13.2. The minimum atomic E-state index is -0.221. The molecule has 0 saturated carbocycles. The molecule has 24 heavy (non-hydrogen) atoms. The van der Waals surface area contributed by atoms with Gasteiger partial charge in [0.1, 0.15) is 6.10 Å². The standard InChI is InChI=1S/C15H19N5O4/c21-14(13-9-8-22-7-4-10(9)18-19-13)16-5-3-12-17-15(24-20-12)11-2-1-6-23-11/h11H,1-8H2,(H,16,21)(H,18,19). The summed E-state index contributed by atoms with van der Waals surface area (Å²) in [6.45, 7) is 2.22. The van der Waals surface area contributed by atoms with Crippen LogP contribution in [-0.2, 0) is 28.9 Å². The molecule has 1 unspecified atom stereocenters. The molecule has 1 fully saturated rings. The van der Waals surface area contributed by atoms with Crippen LogP contribution in [0.25, 0.3) is 0 Å². The fraction of sp³-hybridized carbons (Fsp3) is 0.600. The SMILES string of the molecule is O=C(NCCc1noc(C2CCCO2)n1)c1n[nH]c2c1COCC2. The van der Waals surface area contributed by atoms with Crippen LogP contribution >= 0.6 is 0 Å². The van der Waals surface area contributed by atoms with Gasteiger partial charge in [-0.3, -0.25) is 9.89 Å². The molecule has 4 rings (SSSR count). The Hall–Kier alpha value is -2.26. The van der Waals surface area contributed by atoms with Crippen LogP contribution in [-0.4, -0.2) is 46.0 Å². The molecule has 1 atom stereocenters. The zero-order valence-electron chi connectivity index (χ0n) is 13.2. The van der Waals surface area contributed by atoms with Crippen molar-refractivity contribution < 1.29 is 18.8 Å². The number of aromatic nitrogens is 4. The van der Waals surface area contributed by atoms with E-state index >= 15 is 0 Å². The van der Waals surface area contributed by atoms with Gasteiger partial charge in [-0.2, -0.15) is 10.1 Å². The fourth-order valence-electron chi connectivity index (χ4n) is 2.94. The van der Waals surface area contributed by atoms with Crippen molar-refractivity contribution in [1.82, 2.24) is 25.7 Å². The normalized spacial score (nSPS) is 20.1. The zero-order chi connectivity index (χ0) is 16.4. The topological polar surface area (TPSA) is 115 Å². The monoisotopic (exact) mass is 333 g/mol. The molecule has 4 heterocycles. The van der Waals surface area contributed by atoms with E-state index < -0.39 is 0 Å². The van der Waals surface area contributed by atoms with Gasteiger partial charge in [0.15, 0.2) is 11.5 Å². The van der Waals surface area contributed by atoms with Crippen molar-refractivity contribution >= 4 is 5.91 Å². The number of ether oxygens (including phenoxy) is 2. The molecule has 1 saturated heterocycles. The number of hydrogen-bond donors (Lipinski definition) is 2. The number of nitrogens with zero attached hydrogens (tertiary/aromatic N) is 3. The van der Waals surface area contributed by atoms with Crippen molar-refractivity contribution in [3.05, 3.63) is 28.7 Å². The maximum Gasteiger partial charge on any atom is 0.272 e. The second kappa shape index (κ2) is 6.70. The third kappa shape index (κ3) is 3.04. The number of amides is 1. The molecule has 0 radical (unpaired) electrons. The van der Waals surface area contributed by atoms with E-state index in [0.29, 0.717) is 43.6 Å². The smallest absolute Gasteiger partial charge is 0.272 e. The highest BCUT2D eigenvalue weighted by molar-refractivity contribution is 5.93. The lowest BCUT2D eigenvalue weighted by Gasteiger charge is -2.12. The summed E-state index contributed by atoms with van der Waals surface area (Å²) < 4.78 is 16.1. The molecule has 0 spiro atoms. The average molecular weight is 333 g/mol. The number of carbonyl (C=O) groups is 1. The molecular weight excluding hydrogens is 314 g/mol. The van der Waals surface area contributed by atoms with E-state index in [9.17, 15) is 4.79 Å². The highest BCUT2D eigenvalue weighted by atomic mass is 16.5. The summed E-state index contributed by atoms with van der Waals surface area (Å²) in [5.41, 5.74) is 2.22. The summed E-state index contributed by atoms with van der Waals surface area (Å²) in [5, 5.41) is 13.8. The molecule has 0 bridgehead atoms. The number of aromatic amines is 1. The van der Waals surface area contributed by atoms with Crippen molar-refractivity contribution in [1.29, 1.82) is 0 Å². The van der Waals surface area contributed by atoms with Crippen molar-refractivity contribution in [2.75, 3.05) is 19.8 Å². The molecule has 9 heteroatoms. The maximum atomic E-state index is 12.2. The van der Waals surface area contributed by atoms with E-state index in [1.807, 2.05) is 0 Å². The van der Waals surface area contributed by atoms with Crippen molar-refractivity contribution in [3.8, 4) is 0 Å². The van der Waals surface area contributed by atoms with E-state index in [1.54, 1.807) is 0 Å². The van der Waals surface area contributed by atoms with Crippen LogP contribution in [0.5, 0.6) is 0 Å². The van der Waals surface area contributed by atoms with E-state index in [2.05, 4.69) is 25.7 Å². The number of rotatable bonds is 5. The van der Waals surface area contributed by atoms with Gasteiger partial charge in [-0.15, -0.1) is 0 Å². The van der Waals surface area contributed by atoms with Gasteiger partial charge in [0.05, 0.1) is 13.2 Å². The second-order valence-electron chi connectivity index (χ2n) is 5.89. The lowest BCUT2D eigenvalue weighted by atomic mass is 10.1. The summed E-state index contributed by atoms with van der Waals surface area (Å²) in [6.07, 6.45) is 3.08. The number of fused-ring (bicyclic) bond motifs is 1. The van der Waals surface area contributed by atoms with E-state index in [4.69, 9.17) is 14.0 Å². The summed E-state index contributed by atoms with van der Waals surface area (Å²) in [5.74, 6) is 0.862. The van der Waals surface area contributed by atoms with E-state index in [0.717, 1.165) is 37.1 Å². The highest BCUT2D eigenvalue weighted by Gasteiger charge is 2.24. The first-order valence-corrected chi connectivity index (χ1v) is 8.17. The Morgan fingerprint density at radius 2 is 2.33 bits per heavy atom. The minimum Gasteiger partial charge on any atom is -0.376 e. The fourth-order valence-corrected chi connectivity index (χ4v) is 2.94. The second-order valence-corrected chi connectivity index (χ2v) is 5.89. The van der Waals surface area contributed by atoms with Crippen LogP contribution in [0, 0.1) is 0 Å². The lowest BCUT2D eigenvalue weighted by Crippen LogP contribution is -2.27. The summed E-state index contributed by atoms with van der Waals surface area (Å²) in [7, 11) is 0.